The van der Waals surface area contributed by atoms with E-state index in [2.05, 4.69) is 5.32 Å². The topological polar surface area (TPSA) is 58.6 Å². The second-order valence-electron chi connectivity index (χ2n) is 5.81. The Morgan fingerprint density at radius 3 is 2.53 bits per heavy atom. The van der Waals surface area contributed by atoms with Crippen molar-refractivity contribution in [3.8, 4) is 0 Å². The van der Waals surface area contributed by atoms with Crippen LogP contribution in [-0.4, -0.2) is 36.9 Å². The molecule has 100 valence electrons. The summed E-state index contributed by atoms with van der Waals surface area (Å²) in [4.78, 5) is 11.6. The predicted molar refractivity (Wildman–Crippen MR) is 66.6 cm³/mol. The minimum absolute atomic E-state index is 0.0386. The van der Waals surface area contributed by atoms with Crippen molar-refractivity contribution in [2.75, 3.05) is 19.8 Å². The molecule has 1 aliphatic rings. The van der Waals surface area contributed by atoms with Gasteiger partial charge in [0, 0.05) is 25.2 Å². The fraction of sp³-hybridized carbons (Fsp3) is 0.923. The summed E-state index contributed by atoms with van der Waals surface area (Å²) in [6.07, 6.45) is 2.16. The Hall–Kier alpha value is -0.610. The van der Waals surface area contributed by atoms with Gasteiger partial charge in [-0.25, -0.2) is 0 Å². The number of carbonyl (C=O) groups is 1. The number of carbonyl (C=O) groups excluding carboxylic acids is 1. The lowest BCUT2D eigenvalue weighted by atomic mass is 9.91. The molecule has 0 radical (unpaired) electrons. The zero-order valence-electron chi connectivity index (χ0n) is 11.2. The molecule has 17 heavy (non-hydrogen) atoms. The molecule has 0 aromatic carbocycles. The molecule has 0 aliphatic carbocycles. The third kappa shape index (κ3) is 5.04. The van der Waals surface area contributed by atoms with E-state index in [4.69, 9.17) is 4.74 Å². The van der Waals surface area contributed by atoms with Crippen LogP contribution in [0, 0.1) is 11.3 Å². The van der Waals surface area contributed by atoms with E-state index in [-0.39, 0.29) is 17.4 Å². The molecule has 1 heterocycles. The first-order chi connectivity index (χ1) is 7.91. The summed E-state index contributed by atoms with van der Waals surface area (Å²) in [5.74, 6) is 0.368. The van der Waals surface area contributed by atoms with Crippen molar-refractivity contribution in [3.63, 3.8) is 0 Å². The molecule has 1 aliphatic heterocycles. The van der Waals surface area contributed by atoms with Gasteiger partial charge in [0.1, 0.15) is 0 Å². The number of aliphatic hydroxyl groups is 1. The first-order valence-corrected chi connectivity index (χ1v) is 6.45. The number of nitrogens with one attached hydrogen (secondary N) is 1. The SMILES string of the molecule is CC(C)(C)C(=O)NCC[C@H](O)C1CCOCC1. The van der Waals surface area contributed by atoms with Crippen LogP contribution in [0.25, 0.3) is 0 Å². The van der Waals surface area contributed by atoms with Crippen LogP contribution < -0.4 is 5.32 Å². The van der Waals surface area contributed by atoms with Crippen LogP contribution in [-0.2, 0) is 9.53 Å². The van der Waals surface area contributed by atoms with Gasteiger partial charge in [0.05, 0.1) is 6.10 Å². The van der Waals surface area contributed by atoms with Gasteiger partial charge < -0.3 is 15.2 Å². The number of amides is 1. The molecule has 1 atom stereocenters. The van der Waals surface area contributed by atoms with Crippen LogP contribution >= 0.6 is 0 Å². The molecule has 1 fully saturated rings. The normalized spacial score (nSPS) is 20.0. The van der Waals surface area contributed by atoms with E-state index in [1.54, 1.807) is 0 Å². The lowest BCUT2D eigenvalue weighted by Gasteiger charge is -2.27. The van der Waals surface area contributed by atoms with Crippen molar-refractivity contribution in [2.24, 2.45) is 11.3 Å². The molecule has 0 bridgehead atoms. The first-order valence-electron chi connectivity index (χ1n) is 6.45. The highest BCUT2D eigenvalue weighted by Crippen LogP contribution is 2.20. The van der Waals surface area contributed by atoms with Gasteiger partial charge in [-0.3, -0.25) is 4.79 Å². The van der Waals surface area contributed by atoms with E-state index in [1.165, 1.54) is 0 Å². The Morgan fingerprint density at radius 1 is 1.41 bits per heavy atom. The number of hydrogen-bond donors (Lipinski definition) is 2. The highest BCUT2D eigenvalue weighted by molar-refractivity contribution is 5.81. The zero-order valence-corrected chi connectivity index (χ0v) is 11.2. The Balaban J connectivity index is 2.19. The molecule has 0 aromatic rings. The first kappa shape index (κ1) is 14.5. The number of rotatable bonds is 4. The average molecular weight is 243 g/mol. The van der Waals surface area contributed by atoms with Gasteiger partial charge in [-0.15, -0.1) is 0 Å². The summed E-state index contributed by atoms with van der Waals surface area (Å²) < 4.78 is 5.26. The van der Waals surface area contributed by atoms with Crippen molar-refractivity contribution in [1.82, 2.24) is 5.32 Å². The van der Waals surface area contributed by atoms with Crippen LogP contribution in [0.2, 0.25) is 0 Å². The van der Waals surface area contributed by atoms with Crippen molar-refractivity contribution in [3.05, 3.63) is 0 Å². The molecule has 1 saturated heterocycles. The molecule has 0 spiro atoms. The third-order valence-corrected chi connectivity index (χ3v) is 3.22. The molecule has 0 saturated carbocycles. The minimum Gasteiger partial charge on any atom is -0.393 e. The molecule has 4 heteroatoms. The highest BCUT2D eigenvalue weighted by atomic mass is 16.5. The van der Waals surface area contributed by atoms with E-state index in [0.29, 0.717) is 18.9 Å². The van der Waals surface area contributed by atoms with Gasteiger partial charge in [-0.1, -0.05) is 20.8 Å². The number of ether oxygens (including phenoxy) is 1. The maximum atomic E-state index is 11.6. The largest absolute Gasteiger partial charge is 0.393 e. The van der Waals surface area contributed by atoms with Crippen LogP contribution in [0.3, 0.4) is 0 Å². The predicted octanol–water partition coefficient (Wildman–Crippen LogP) is 1.33. The maximum Gasteiger partial charge on any atom is 0.225 e. The van der Waals surface area contributed by atoms with Gasteiger partial charge in [0.15, 0.2) is 0 Å². The molecule has 1 rings (SSSR count). The smallest absolute Gasteiger partial charge is 0.225 e. The summed E-state index contributed by atoms with van der Waals surface area (Å²) >= 11 is 0. The number of hydrogen-bond acceptors (Lipinski definition) is 3. The standard InChI is InChI=1S/C13H25NO3/c1-13(2,3)12(16)14-7-4-11(15)10-5-8-17-9-6-10/h10-11,15H,4-9H2,1-3H3,(H,14,16)/t11-/m0/s1. The number of aliphatic hydroxyl groups excluding tert-OH is 1. The summed E-state index contributed by atoms with van der Waals surface area (Å²) in [7, 11) is 0. The minimum atomic E-state index is -0.358. The van der Waals surface area contributed by atoms with Gasteiger partial charge >= 0.3 is 0 Å². The van der Waals surface area contributed by atoms with Crippen LogP contribution in [0.5, 0.6) is 0 Å². The third-order valence-electron chi connectivity index (χ3n) is 3.22. The van der Waals surface area contributed by atoms with Crippen molar-refractivity contribution in [2.45, 2.75) is 46.1 Å². The van der Waals surface area contributed by atoms with E-state index >= 15 is 0 Å². The van der Waals surface area contributed by atoms with Gasteiger partial charge in [0.2, 0.25) is 5.91 Å². The van der Waals surface area contributed by atoms with Crippen molar-refractivity contribution >= 4 is 5.91 Å². The van der Waals surface area contributed by atoms with E-state index in [0.717, 1.165) is 26.1 Å². The van der Waals surface area contributed by atoms with Crippen molar-refractivity contribution in [1.29, 1.82) is 0 Å². The van der Waals surface area contributed by atoms with E-state index in [1.807, 2.05) is 20.8 Å². The lowest BCUT2D eigenvalue weighted by molar-refractivity contribution is -0.128. The summed E-state index contributed by atoms with van der Waals surface area (Å²) in [5.41, 5.74) is -0.358. The molecule has 2 N–H and O–H groups in total. The van der Waals surface area contributed by atoms with Gasteiger partial charge in [0.25, 0.3) is 0 Å². The lowest BCUT2D eigenvalue weighted by Crippen LogP contribution is -2.37. The molecule has 1 amide bonds. The monoisotopic (exact) mass is 243 g/mol. The summed E-state index contributed by atoms with van der Waals surface area (Å²) in [6, 6.07) is 0. The van der Waals surface area contributed by atoms with E-state index < -0.39 is 0 Å². The van der Waals surface area contributed by atoms with Crippen LogP contribution in [0.1, 0.15) is 40.0 Å². The zero-order chi connectivity index (χ0) is 12.9. The summed E-state index contributed by atoms with van der Waals surface area (Å²) in [6.45, 7) is 7.70. The second kappa shape index (κ2) is 6.36. The van der Waals surface area contributed by atoms with Crippen LogP contribution in [0.15, 0.2) is 0 Å². The molecule has 0 unspecified atom stereocenters. The maximum absolute atomic E-state index is 11.6. The quantitative estimate of drug-likeness (QED) is 0.783. The Bertz CT molecular complexity index is 242. The fourth-order valence-electron chi connectivity index (χ4n) is 1.94. The van der Waals surface area contributed by atoms with Gasteiger partial charge in [-0.05, 0) is 25.2 Å². The van der Waals surface area contributed by atoms with Crippen LogP contribution in [0.4, 0.5) is 0 Å². The van der Waals surface area contributed by atoms with Crippen molar-refractivity contribution < 1.29 is 14.6 Å². The average Bonchev–Trinajstić information content (AvgIpc) is 2.28. The molecule has 4 nitrogen and oxygen atoms in total. The Labute approximate surface area is 104 Å². The fourth-order valence-corrected chi connectivity index (χ4v) is 1.94. The Morgan fingerprint density at radius 2 is 2.00 bits per heavy atom. The molecular formula is C13H25NO3. The Kier molecular flexibility index (Phi) is 5.40. The van der Waals surface area contributed by atoms with E-state index in [9.17, 15) is 9.90 Å². The summed E-state index contributed by atoms with van der Waals surface area (Å²) in [5, 5.41) is 12.8. The highest BCUT2D eigenvalue weighted by Gasteiger charge is 2.23. The molecular weight excluding hydrogens is 218 g/mol. The molecule has 0 aromatic heterocycles. The van der Waals surface area contributed by atoms with Gasteiger partial charge in [-0.2, -0.15) is 0 Å². The second-order valence-corrected chi connectivity index (χ2v) is 5.81.